The van der Waals surface area contributed by atoms with E-state index in [9.17, 15) is 4.79 Å². The van der Waals surface area contributed by atoms with Gasteiger partial charge in [-0.3, -0.25) is 4.79 Å². The van der Waals surface area contributed by atoms with Crippen LogP contribution in [0.4, 0.5) is 5.69 Å². The summed E-state index contributed by atoms with van der Waals surface area (Å²) < 4.78 is 10.6. The van der Waals surface area contributed by atoms with Gasteiger partial charge in [-0.1, -0.05) is 0 Å². The van der Waals surface area contributed by atoms with Gasteiger partial charge in [-0.15, -0.1) is 0 Å². The van der Waals surface area contributed by atoms with E-state index in [-0.39, 0.29) is 11.9 Å². The molecular formula is C13H18N2O3. The summed E-state index contributed by atoms with van der Waals surface area (Å²) in [4.78, 5) is 13.6. The molecule has 0 spiro atoms. The van der Waals surface area contributed by atoms with Crippen LogP contribution in [0, 0.1) is 0 Å². The molecule has 1 aliphatic rings. The molecule has 1 N–H and O–H groups in total. The number of amides is 1. The van der Waals surface area contributed by atoms with Crippen LogP contribution in [0.2, 0.25) is 0 Å². The summed E-state index contributed by atoms with van der Waals surface area (Å²) in [5.41, 5.74) is 1.84. The van der Waals surface area contributed by atoms with Gasteiger partial charge >= 0.3 is 0 Å². The van der Waals surface area contributed by atoms with Crippen LogP contribution in [0.3, 0.4) is 0 Å². The lowest BCUT2D eigenvalue weighted by molar-refractivity contribution is -0.119. The number of ether oxygens (including phenoxy) is 2. The number of methoxy groups -OCH3 is 2. The number of carbonyl (C=O) groups is 1. The molecule has 1 aliphatic heterocycles. The first-order chi connectivity index (χ1) is 8.62. The Bertz CT molecular complexity index is 474. The Morgan fingerprint density at radius 3 is 2.61 bits per heavy atom. The van der Waals surface area contributed by atoms with Gasteiger partial charge in [0.25, 0.3) is 0 Å². The van der Waals surface area contributed by atoms with Crippen LogP contribution in [-0.2, 0) is 4.79 Å². The van der Waals surface area contributed by atoms with Gasteiger partial charge in [0.15, 0.2) is 0 Å². The van der Waals surface area contributed by atoms with Gasteiger partial charge in [0.2, 0.25) is 5.91 Å². The Labute approximate surface area is 107 Å². The van der Waals surface area contributed by atoms with Gasteiger partial charge in [-0.25, -0.2) is 0 Å². The van der Waals surface area contributed by atoms with Crippen LogP contribution in [0.5, 0.6) is 11.5 Å². The van der Waals surface area contributed by atoms with Crippen LogP contribution < -0.4 is 19.7 Å². The largest absolute Gasteiger partial charge is 0.497 e. The minimum atomic E-state index is -0.00676. The molecule has 0 saturated heterocycles. The van der Waals surface area contributed by atoms with Crippen molar-refractivity contribution in [3.63, 3.8) is 0 Å². The lowest BCUT2D eigenvalue weighted by Crippen LogP contribution is -2.37. The lowest BCUT2D eigenvalue weighted by atomic mass is 9.95. The minimum absolute atomic E-state index is 0.00676. The van der Waals surface area contributed by atoms with Gasteiger partial charge in [0.05, 0.1) is 19.9 Å². The maximum absolute atomic E-state index is 11.9. The fourth-order valence-electron chi connectivity index (χ4n) is 2.30. The summed E-state index contributed by atoms with van der Waals surface area (Å²) in [6.07, 6.45) is 0.441. The molecule has 18 heavy (non-hydrogen) atoms. The van der Waals surface area contributed by atoms with Crippen molar-refractivity contribution in [1.82, 2.24) is 5.32 Å². The number of rotatable bonds is 3. The van der Waals surface area contributed by atoms with Crippen molar-refractivity contribution >= 4 is 11.6 Å². The van der Waals surface area contributed by atoms with Crippen LogP contribution in [0.1, 0.15) is 18.0 Å². The third-order valence-corrected chi connectivity index (χ3v) is 3.35. The van der Waals surface area contributed by atoms with Crippen molar-refractivity contribution in [3.8, 4) is 11.5 Å². The molecule has 0 fully saturated rings. The quantitative estimate of drug-likeness (QED) is 0.879. The molecule has 0 bridgehead atoms. The van der Waals surface area contributed by atoms with Crippen LogP contribution in [0.15, 0.2) is 12.1 Å². The van der Waals surface area contributed by atoms with Crippen molar-refractivity contribution in [2.45, 2.75) is 12.5 Å². The molecule has 1 aromatic carbocycles. The SMILES string of the molecule is CNC1CC(=O)N(C)c2c(OC)cc(OC)cc21. The number of nitrogens with one attached hydrogen (secondary N) is 1. The second kappa shape index (κ2) is 4.86. The molecule has 0 radical (unpaired) electrons. The van der Waals surface area contributed by atoms with E-state index in [2.05, 4.69) is 5.32 Å². The summed E-state index contributed by atoms with van der Waals surface area (Å²) in [5.74, 6) is 1.46. The number of hydrogen-bond donors (Lipinski definition) is 1. The van der Waals surface area contributed by atoms with Gasteiger partial charge in [0.1, 0.15) is 11.5 Å². The molecular weight excluding hydrogens is 232 g/mol. The van der Waals surface area contributed by atoms with E-state index in [0.29, 0.717) is 12.2 Å². The molecule has 1 aromatic rings. The highest BCUT2D eigenvalue weighted by Crippen LogP contribution is 2.43. The number of anilines is 1. The predicted molar refractivity (Wildman–Crippen MR) is 69.4 cm³/mol. The first-order valence-corrected chi connectivity index (χ1v) is 5.82. The van der Waals surface area contributed by atoms with Crippen LogP contribution in [0.25, 0.3) is 0 Å². The normalized spacial score (nSPS) is 18.6. The van der Waals surface area contributed by atoms with E-state index < -0.39 is 0 Å². The minimum Gasteiger partial charge on any atom is -0.497 e. The molecule has 1 unspecified atom stereocenters. The summed E-state index contributed by atoms with van der Waals surface area (Å²) in [6, 6.07) is 3.73. The standard InChI is InChI=1S/C13H18N2O3/c1-14-10-7-12(16)15(2)13-9(10)5-8(17-3)6-11(13)18-4/h5-6,10,14H,7H2,1-4H3. The summed E-state index contributed by atoms with van der Waals surface area (Å²) in [6.45, 7) is 0. The first kappa shape index (κ1) is 12.7. The summed E-state index contributed by atoms with van der Waals surface area (Å²) in [5, 5.41) is 3.16. The van der Waals surface area contributed by atoms with Crippen molar-refractivity contribution in [2.24, 2.45) is 0 Å². The molecule has 5 nitrogen and oxygen atoms in total. The zero-order chi connectivity index (χ0) is 13.3. The highest BCUT2D eigenvalue weighted by molar-refractivity contribution is 5.98. The second-order valence-corrected chi connectivity index (χ2v) is 4.27. The molecule has 0 aromatic heterocycles. The van der Waals surface area contributed by atoms with E-state index >= 15 is 0 Å². The van der Waals surface area contributed by atoms with Crippen molar-refractivity contribution in [3.05, 3.63) is 17.7 Å². The van der Waals surface area contributed by atoms with Gasteiger partial charge in [-0.05, 0) is 13.1 Å². The van der Waals surface area contributed by atoms with Gasteiger partial charge in [-0.2, -0.15) is 0 Å². The topological polar surface area (TPSA) is 50.8 Å². The molecule has 0 saturated carbocycles. The van der Waals surface area contributed by atoms with Crippen molar-refractivity contribution in [1.29, 1.82) is 0 Å². The molecule has 98 valence electrons. The molecule has 2 rings (SSSR count). The Hall–Kier alpha value is -1.75. The maximum Gasteiger partial charge on any atom is 0.228 e. The number of nitrogens with zero attached hydrogens (tertiary/aromatic N) is 1. The first-order valence-electron chi connectivity index (χ1n) is 5.82. The molecule has 0 aliphatic carbocycles. The number of carbonyl (C=O) groups excluding carboxylic acids is 1. The highest BCUT2D eigenvalue weighted by atomic mass is 16.5. The fourth-order valence-corrected chi connectivity index (χ4v) is 2.30. The number of fused-ring (bicyclic) bond motifs is 1. The third-order valence-electron chi connectivity index (χ3n) is 3.35. The Kier molecular flexibility index (Phi) is 3.43. The summed E-state index contributed by atoms with van der Waals surface area (Å²) in [7, 11) is 6.82. The monoisotopic (exact) mass is 250 g/mol. The van der Waals surface area contributed by atoms with Gasteiger partial charge in [0, 0.05) is 31.1 Å². The molecule has 1 atom stereocenters. The van der Waals surface area contributed by atoms with Gasteiger partial charge < -0.3 is 19.7 Å². The van der Waals surface area contributed by atoms with E-state index in [1.807, 2.05) is 13.1 Å². The maximum atomic E-state index is 11.9. The molecule has 1 amide bonds. The Morgan fingerprint density at radius 2 is 2.06 bits per heavy atom. The third kappa shape index (κ3) is 1.90. The zero-order valence-corrected chi connectivity index (χ0v) is 11.1. The van der Waals surface area contributed by atoms with E-state index in [0.717, 1.165) is 17.0 Å². The average molecular weight is 250 g/mol. The predicted octanol–water partition coefficient (Wildman–Crippen LogP) is 1.33. The van der Waals surface area contributed by atoms with E-state index in [1.54, 1.807) is 32.2 Å². The molecule has 5 heteroatoms. The molecule has 1 heterocycles. The smallest absolute Gasteiger partial charge is 0.228 e. The zero-order valence-electron chi connectivity index (χ0n) is 11.1. The van der Waals surface area contributed by atoms with Crippen LogP contribution in [-0.4, -0.2) is 34.2 Å². The van der Waals surface area contributed by atoms with Crippen molar-refractivity contribution < 1.29 is 14.3 Å². The average Bonchev–Trinajstić information content (AvgIpc) is 2.41. The number of benzene rings is 1. The van der Waals surface area contributed by atoms with Crippen molar-refractivity contribution in [2.75, 3.05) is 33.2 Å². The van der Waals surface area contributed by atoms with Crippen LogP contribution >= 0.6 is 0 Å². The Balaban J connectivity index is 2.63. The fraction of sp³-hybridized carbons (Fsp3) is 0.462. The Morgan fingerprint density at radius 1 is 1.33 bits per heavy atom. The summed E-state index contributed by atoms with van der Waals surface area (Å²) >= 11 is 0. The highest BCUT2D eigenvalue weighted by Gasteiger charge is 2.31. The lowest BCUT2D eigenvalue weighted by Gasteiger charge is -2.33. The van der Waals surface area contributed by atoms with E-state index in [4.69, 9.17) is 9.47 Å². The second-order valence-electron chi connectivity index (χ2n) is 4.27. The van der Waals surface area contributed by atoms with E-state index in [1.165, 1.54) is 0 Å². The number of hydrogen-bond acceptors (Lipinski definition) is 4.